The number of fused-ring (bicyclic) bond motifs is 2. The minimum Gasteiger partial charge on any atom is -0.361 e. The van der Waals surface area contributed by atoms with E-state index in [0.717, 1.165) is 26.9 Å². The number of likely N-dealkylation sites (tertiary alicyclic amines) is 1. The molecule has 3 heterocycles. The number of nitriles is 1. The molecule has 170 valence electrons. The van der Waals surface area contributed by atoms with Gasteiger partial charge in [-0.3, -0.25) is 14.6 Å². The van der Waals surface area contributed by atoms with E-state index >= 15 is 0 Å². The molecule has 1 saturated heterocycles. The number of benzene rings is 2. The molecule has 2 N–H and O–H groups in total. The summed E-state index contributed by atoms with van der Waals surface area (Å²) in [6.45, 7) is -1.31. The highest BCUT2D eigenvalue weighted by Gasteiger charge is 2.47. The zero-order valence-corrected chi connectivity index (χ0v) is 17.9. The highest BCUT2D eigenvalue weighted by molar-refractivity contribution is 6.08. The maximum Gasteiger partial charge on any atom is 0.268 e. The number of nitrogens with one attached hydrogen (secondary N) is 2. The molecule has 5 rings (SSSR count). The van der Waals surface area contributed by atoms with E-state index in [0.29, 0.717) is 16.5 Å². The molecule has 0 saturated carbocycles. The molecule has 1 fully saturated rings. The average molecular weight is 459 g/mol. The first-order chi connectivity index (χ1) is 16.4. The number of carbonyl (C=O) groups excluding carboxylic acids is 2. The van der Waals surface area contributed by atoms with Crippen molar-refractivity contribution < 1.29 is 18.4 Å². The number of amides is 2. The van der Waals surface area contributed by atoms with Crippen LogP contribution in [0.4, 0.5) is 8.78 Å². The van der Waals surface area contributed by atoms with E-state index in [4.69, 9.17) is 5.26 Å². The van der Waals surface area contributed by atoms with Gasteiger partial charge in [0.15, 0.2) is 0 Å². The third-order valence-electron chi connectivity index (χ3n) is 6.03. The van der Waals surface area contributed by atoms with Crippen molar-refractivity contribution in [2.45, 2.75) is 18.4 Å². The standard InChI is InChI=1S/C25H19F2N5O2/c26-25(27)10-16(11-28)32(14-25)23(33)13-31-24(34)18-7-8-29-22-6-5-15(9-19(18)22)20-12-30-21-4-2-1-3-17(20)21/h1-9,12,16,30H,10,13-14H2,(H,31,34)/t16-/m0/s1. The zero-order chi connectivity index (χ0) is 23.9. The molecule has 2 amide bonds. The van der Waals surface area contributed by atoms with Crippen molar-refractivity contribution in [3.63, 3.8) is 0 Å². The molecule has 2 aromatic heterocycles. The average Bonchev–Trinajstić information content (AvgIpc) is 3.41. The number of hydrogen-bond donors (Lipinski definition) is 2. The lowest BCUT2D eigenvalue weighted by molar-refractivity contribution is -0.131. The normalized spacial score (nSPS) is 17.1. The number of para-hydroxylation sites is 1. The van der Waals surface area contributed by atoms with E-state index in [1.165, 1.54) is 6.20 Å². The van der Waals surface area contributed by atoms with E-state index in [1.54, 1.807) is 12.1 Å². The Morgan fingerprint density at radius 1 is 1.21 bits per heavy atom. The number of alkyl halides is 2. The third-order valence-corrected chi connectivity index (χ3v) is 6.03. The number of hydrogen-bond acceptors (Lipinski definition) is 4. The summed E-state index contributed by atoms with van der Waals surface area (Å²) in [6, 6.07) is 15.5. The summed E-state index contributed by atoms with van der Waals surface area (Å²) in [4.78, 5) is 33.8. The maximum absolute atomic E-state index is 13.6. The lowest BCUT2D eigenvalue weighted by Gasteiger charge is -2.19. The van der Waals surface area contributed by atoms with Crippen LogP contribution in [0.15, 0.2) is 60.9 Å². The van der Waals surface area contributed by atoms with Gasteiger partial charge in [0, 0.05) is 40.7 Å². The van der Waals surface area contributed by atoms with Crippen molar-refractivity contribution >= 4 is 33.6 Å². The molecule has 1 aliphatic rings. The zero-order valence-electron chi connectivity index (χ0n) is 17.9. The van der Waals surface area contributed by atoms with Crippen LogP contribution in [0.3, 0.4) is 0 Å². The van der Waals surface area contributed by atoms with Crippen LogP contribution >= 0.6 is 0 Å². The Bertz CT molecular complexity index is 1470. The van der Waals surface area contributed by atoms with Crippen molar-refractivity contribution in [2.24, 2.45) is 0 Å². The van der Waals surface area contributed by atoms with Crippen LogP contribution < -0.4 is 5.32 Å². The molecule has 9 heteroatoms. The van der Waals surface area contributed by atoms with Gasteiger partial charge < -0.3 is 15.2 Å². The Balaban J connectivity index is 1.40. The first kappa shape index (κ1) is 21.5. The molecular weight excluding hydrogens is 440 g/mol. The van der Waals surface area contributed by atoms with Crippen molar-refractivity contribution in [3.05, 3.63) is 66.5 Å². The van der Waals surface area contributed by atoms with Crippen LogP contribution in [0, 0.1) is 11.3 Å². The molecule has 1 aliphatic heterocycles. The second-order valence-corrected chi connectivity index (χ2v) is 8.25. The Labute approximate surface area is 193 Å². The maximum atomic E-state index is 13.6. The van der Waals surface area contributed by atoms with Crippen molar-refractivity contribution in [3.8, 4) is 17.2 Å². The summed E-state index contributed by atoms with van der Waals surface area (Å²) in [7, 11) is 0. The molecule has 0 radical (unpaired) electrons. The minimum atomic E-state index is -3.11. The minimum absolute atomic E-state index is 0.308. The smallest absolute Gasteiger partial charge is 0.268 e. The lowest BCUT2D eigenvalue weighted by Crippen LogP contribution is -2.43. The van der Waals surface area contributed by atoms with Crippen molar-refractivity contribution in [1.82, 2.24) is 20.2 Å². The Morgan fingerprint density at radius 3 is 2.85 bits per heavy atom. The van der Waals surface area contributed by atoms with Gasteiger partial charge in [-0.25, -0.2) is 8.78 Å². The fraction of sp³-hybridized carbons (Fsp3) is 0.200. The Kier molecular flexibility index (Phi) is 5.21. The Morgan fingerprint density at radius 2 is 2.03 bits per heavy atom. The summed E-state index contributed by atoms with van der Waals surface area (Å²) in [5.41, 5.74) is 3.76. The fourth-order valence-corrected chi connectivity index (χ4v) is 4.37. The van der Waals surface area contributed by atoms with E-state index in [2.05, 4.69) is 15.3 Å². The van der Waals surface area contributed by atoms with E-state index in [-0.39, 0.29) is 0 Å². The van der Waals surface area contributed by atoms with Crippen LogP contribution in [0.2, 0.25) is 0 Å². The third kappa shape index (κ3) is 3.83. The molecule has 7 nitrogen and oxygen atoms in total. The van der Waals surface area contributed by atoms with E-state index < -0.39 is 43.3 Å². The first-order valence-electron chi connectivity index (χ1n) is 10.7. The van der Waals surface area contributed by atoms with Gasteiger partial charge in [0.1, 0.15) is 6.04 Å². The summed E-state index contributed by atoms with van der Waals surface area (Å²) >= 11 is 0. The number of rotatable bonds is 4. The van der Waals surface area contributed by atoms with Crippen LogP contribution in [0.25, 0.3) is 32.9 Å². The van der Waals surface area contributed by atoms with Crippen LogP contribution in [-0.2, 0) is 4.79 Å². The molecule has 34 heavy (non-hydrogen) atoms. The number of pyridine rings is 1. The second kappa shape index (κ2) is 8.23. The van der Waals surface area contributed by atoms with Crippen molar-refractivity contribution in [1.29, 1.82) is 5.26 Å². The summed E-state index contributed by atoms with van der Waals surface area (Å²) in [6.07, 6.45) is 2.70. The van der Waals surface area contributed by atoms with Gasteiger partial charge in [-0.2, -0.15) is 5.26 Å². The second-order valence-electron chi connectivity index (χ2n) is 8.25. The van der Waals surface area contributed by atoms with Crippen LogP contribution in [0.5, 0.6) is 0 Å². The lowest BCUT2D eigenvalue weighted by atomic mass is 10.00. The highest BCUT2D eigenvalue weighted by atomic mass is 19.3. The largest absolute Gasteiger partial charge is 0.361 e. The number of halogens is 2. The molecule has 0 bridgehead atoms. The van der Waals surface area contributed by atoms with Crippen LogP contribution in [-0.4, -0.2) is 51.7 Å². The van der Waals surface area contributed by atoms with Gasteiger partial charge in [-0.1, -0.05) is 24.3 Å². The van der Waals surface area contributed by atoms with Crippen molar-refractivity contribution in [2.75, 3.05) is 13.1 Å². The molecule has 0 spiro atoms. The van der Waals surface area contributed by atoms with Gasteiger partial charge in [-0.05, 0) is 29.8 Å². The quantitative estimate of drug-likeness (QED) is 0.484. The number of carbonyl (C=O) groups is 2. The topological polar surface area (TPSA) is 102 Å². The number of H-pyrrole nitrogens is 1. The molecule has 2 aromatic carbocycles. The summed E-state index contributed by atoms with van der Waals surface area (Å²) < 4.78 is 27.3. The van der Waals surface area contributed by atoms with Gasteiger partial charge in [0.05, 0.1) is 30.2 Å². The van der Waals surface area contributed by atoms with Gasteiger partial charge in [-0.15, -0.1) is 0 Å². The number of aromatic nitrogens is 2. The molecule has 4 aromatic rings. The van der Waals surface area contributed by atoms with Gasteiger partial charge in [0.25, 0.3) is 11.8 Å². The molecule has 1 atom stereocenters. The highest BCUT2D eigenvalue weighted by Crippen LogP contribution is 2.32. The Hall–Kier alpha value is -4.32. The summed E-state index contributed by atoms with van der Waals surface area (Å²) in [5, 5.41) is 13.2. The van der Waals surface area contributed by atoms with E-state index in [9.17, 15) is 18.4 Å². The molecular formula is C25H19F2N5O2. The molecule has 0 unspecified atom stereocenters. The monoisotopic (exact) mass is 459 g/mol. The SMILES string of the molecule is N#C[C@@H]1CC(F)(F)CN1C(=O)CNC(=O)c1ccnc2ccc(-c3c[nH]c4ccccc34)cc12. The van der Waals surface area contributed by atoms with Gasteiger partial charge >= 0.3 is 0 Å². The predicted octanol–water partition coefficient (Wildman–Crippen LogP) is 3.87. The van der Waals surface area contributed by atoms with Gasteiger partial charge in [0.2, 0.25) is 5.91 Å². The first-order valence-corrected chi connectivity index (χ1v) is 10.7. The van der Waals surface area contributed by atoms with E-state index in [1.807, 2.05) is 48.7 Å². The fourth-order valence-electron chi connectivity index (χ4n) is 4.37. The predicted molar refractivity (Wildman–Crippen MR) is 122 cm³/mol. The number of nitrogens with zero attached hydrogens (tertiary/aromatic N) is 3. The number of aromatic amines is 1. The summed E-state index contributed by atoms with van der Waals surface area (Å²) in [5.74, 6) is -4.37. The molecule has 0 aliphatic carbocycles. The van der Waals surface area contributed by atoms with Crippen LogP contribution in [0.1, 0.15) is 16.8 Å².